The van der Waals surface area contributed by atoms with E-state index in [4.69, 9.17) is 23.7 Å². The van der Waals surface area contributed by atoms with E-state index in [1.54, 1.807) is 12.1 Å². The molecule has 2 aliphatic heterocycles. The van der Waals surface area contributed by atoms with Crippen LogP contribution in [0.3, 0.4) is 0 Å². The summed E-state index contributed by atoms with van der Waals surface area (Å²) in [4.78, 5) is 26.4. The van der Waals surface area contributed by atoms with Crippen LogP contribution >= 0.6 is 0 Å². The third-order valence-electron chi connectivity index (χ3n) is 7.82. The number of methoxy groups -OCH3 is 2. The number of cyclic esters (lactones) is 1. The van der Waals surface area contributed by atoms with Crippen LogP contribution in [0.5, 0.6) is 28.7 Å². The normalized spacial score (nSPS) is 22.2. The minimum Gasteiger partial charge on any atom is -0.502 e. The van der Waals surface area contributed by atoms with Crippen LogP contribution in [0, 0.1) is 11.8 Å². The number of aromatic hydroxyl groups is 1. The van der Waals surface area contributed by atoms with Gasteiger partial charge in [0.1, 0.15) is 0 Å². The maximum absolute atomic E-state index is 13.3. The molecular weight excluding hydrogens is 516 g/mol. The molecule has 4 atom stereocenters. The van der Waals surface area contributed by atoms with Gasteiger partial charge in [0, 0.05) is 18.4 Å². The summed E-state index contributed by atoms with van der Waals surface area (Å²) >= 11 is 0. The van der Waals surface area contributed by atoms with Gasteiger partial charge in [-0.25, -0.2) is 0 Å². The number of phenolic OH excluding ortho intramolecular Hbond substituents is 1. The molecule has 2 heterocycles. The maximum atomic E-state index is 13.3. The molecule has 6 rings (SSSR count). The summed E-state index contributed by atoms with van der Waals surface area (Å²) < 4.78 is 27.8. The van der Waals surface area contributed by atoms with E-state index in [0.29, 0.717) is 23.6 Å². The van der Waals surface area contributed by atoms with E-state index in [2.05, 4.69) is 10.6 Å². The van der Waals surface area contributed by atoms with Gasteiger partial charge in [0.2, 0.25) is 18.4 Å². The summed E-state index contributed by atoms with van der Waals surface area (Å²) in [5.41, 5.74) is 3.39. The Kier molecular flexibility index (Phi) is 6.85. The molecule has 40 heavy (non-hydrogen) atoms. The van der Waals surface area contributed by atoms with E-state index < -0.39 is 17.9 Å². The molecule has 10 heteroatoms. The number of ether oxygens (including phenoxy) is 5. The third kappa shape index (κ3) is 4.54. The van der Waals surface area contributed by atoms with E-state index in [1.807, 2.05) is 42.5 Å². The lowest BCUT2D eigenvalue weighted by atomic mass is 9.65. The minimum absolute atomic E-state index is 0.0824. The second-order valence-electron chi connectivity index (χ2n) is 10.0. The molecule has 3 aromatic rings. The molecule has 10 nitrogen and oxygen atoms in total. The number of phenols is 1. The number of hydrogen-bond acceptors (Lipinski definition) is 9. The molecule has 208 valence electrons. The van der Waals surface area contributed by atoms with Crippen LogP contribution in [0.1, 0.15) is 34.2 Å². The largest absolute Gasteiger partial charge is 0.502 e. The van der Waals surface area contributed by atoms with Crippen molar-refractivity contribution in [1.29, 1.82) is 0 Å². The van der Waals surface area contributed by atoms with Crippen LogP contribution in [-0.4, -0.2) is 51.1 Å². The van der Waals surface area contributed by atoms with Crippen LogP contribution in [0.4, 0.5) is 0 Å². The molecule has 1 saturated heterocycles. The van der Waals surface area contributed by atoms with Crippen molar-refractivity contribution in [3.8, 4) is 28.7 Å². The van der Waals surface area contributed by atoms with Gasteiger partial charge in [0.15, 0.2) is 23.0 Å². The molecule has 0 bridgehead atoms. The lowest BCUT2D eigenvalue weighted by Gasteiger charge is -2.39. The fourth-order valence-electron chi connectivity index (χ4n) is 5.98. The highest BCUT2D eigenvalue weighted by atomic mass is 16.7. The summed E-state index contributed by atoms with van der Waals surface area (Å²) in [6, 6.07) is 16.5. The van der Waals surface area contributed by atoms with Gasteiger partial charge >= 0.3 is 5.97 Å². The van der Waals surface area contributed by atoms with E-state index in [1.165, 1.54) is 14.2 Å². The van der Waals surface area contributed by atoms with Gasteiger partial charge in [-0.15, -0.1) is 0 Å². The number of benzene rings is 3. The van der Waals surface area contributed by atoms with Gasteiger partial charge in [-0.3, -0.25) is 9.59 Å². The van der Waals surface area contributed by atoms with Gasteiger partial charge in [0.05, 0.1) is 39.3 Å². The first-order valence-corrected chi connectivity index (χ1v) is 13.1. The van der Waals surface area contributed by atoms with E-state index in [0.717, 1.165) is 16.7 Å². The summed E-state index contributed by atoms with van der Waals surface area (Å²) in [6.07, 6.45) is 0. The molecule has 0 aromatic heterocycles. The van der Waals surface area contributed by atoms with Crippen LogP contribution in [0.2, 0.25) is 0 Å². The summed E-state index contributed by atoms with van der Waals surface area (Å²) in [5, 5.41) is 16.9. The van der Waals surface area contributed by atoms with Crippen molar-refractivity contribution < 1.29 is 38.4 Å². The fraction of sp³-hybridized carbons (Fsp3) is 0.333. The van der Waals surface area contributed by atoms with Crippen molar-refractivity contribution in [2.75, 3.05) is 34.2 Å². The number of carbonyl (C=O) groups excluding carboxylic acids is 2. The number of amides is 1. The van der Waals surface area contributed by atoms with E-state index in [9.17, 15) is 14.7 Å². The molecule has 1 aliphatic carbocycles. The average Bonchev–Trinajstić information content (AvgIpc) is 3.59. The Morgan fingerprint density at radius 2 is 1.65 bits per heavy atom. The van der Waals surface area contributed by atoms with Crippen LogP contribution in [-0.2, 0) is 20.9 Å². The maximum Gasteiger partial charge on any atom is 0.310 e. The first-order valence-electron chi connectivity index (χ1n) is 13.1. The zero-order valence-electron chi connectivity index (χ0n) is 22.1. The average molecular weight is 547 g/mol. The van der Waals surface area contributed by atoms with Crippen molar-refractivity contribution in [3.63, 3.8) is 0 Å². The van der Waals surface area contributed by atoms with Gasteiger partial charge < -0.3 is 39.4 Å². The highest BCUT2D eigenvalue weighted by Crippen LogP contribution is 2.55. The van der Waals surface area contributed by atoms with Gasteiger partial charge in [-0.1, -0.05) is 30.3 Å². The Morgan fingerprint density at radius 3 is 2.33 bits per heavy atom. The van der Waals surface area contributed by atoms with Crippen LogP contribution in [0.15, 0.2) is 54.6 Å². The highest BCUT2D eigenvalue weighted by molar-refractivity contribution is 5.81. The Bertz CT molecular complexity index is 1420. The predicted octanol–water partition coefficient (Wildman–Crippen LogP) is 3.02. The molecule has 0 spiro atoms. The quantitative estimate of drug-likeness (QED) is 0.366. The molecule has 3 N–H and O–H groups in total. The molecular formula is C30H30N2O8. The highest BCUT2D eigenvalue weighted by Gasteiger charge is 2.53. The minimum atomic E-state index is -0.602. The first-order chi connectivity index (χ1) is 19.5. The number of esters is 1. The van der Waals surface area contributed by atoms with Crippen molar-refractivity contribution in [3.05, 3.63) is 76.9 Å². The summed E-state index contributed by atoms with van der Waals surface area (Å²) in [5.74, 6) is -0.529. The standard InChI is InChI=1S/C30H30N2O8/c1-36-23-8-17(9-24(37-2)29(23)34)26-18-10-21-22(40-15-39-21)11-19(18)28(20-14-38-30(35)27(20)26)32-25(33)13-31-12-16-6-4-3-5-7-16/h3-11,20,26-28,31,34H,12-15H2,1-2H3,(H,32,33). The van der Waals surface area contributed by atoms with Crippen molar-refractivity contribution in [1.82, 2.24) is 10.6 Å². The second kappa shape index (κ2) is 10.6. The Labute approximate surface area is 231 Å². The summed E-state index contributed by atoms with van der Waals surface area (Å²) in [7, 11) is 2.91. The number of nitrogens with one attached hydrogen (secondary N) is 2. The number of fused-ring (bicyclic) bond motifs is 3. The van der Waals surface area contributed by atoms with E-state index >= 15 is 0 Å². The molecule has 3 aromatic carbocycles. The zero-order valence-corrected chi connectivity index (χ0v) is 22.1. The SMILES string of the molecule is COc1cc(C2c3cc4c(cc3C(NC(=O)CNCc3ccccc3)C3COC(=O)C23)OCO4)cc(OC)c1O. The van der Waals surface area contributed by atoms with E-state index in [-0.39, 0.29) is 55.0 Å². The molecule has 4 unspecified atom stereocenters. The third-order valence-corrected chi connectivity index (χ3v) is 7.82. The molecule has 1 fully saturated rings. The molecule has 0 saturated carbocycles. The monoisotopic (exact) mass is 546 g/mol. The smallest absolute Gasteiger partial charge is 0.310 e. The number of hydrogen-bond donors (Lipinski definition) is 3. The summed E-state index contributed by atoms with van der Waals surface area (Å²) in [6.45, 7) is 0.892. The topological polar surface area (TPSA) is 125 Å². The number of rotatable bonds is 8. The van der Waals surface area contributed by atoms with Gasteiger partial charge in [-0.05, 0) is 46.5 Å². The van der Waals surface area contributed by atoms with Gasteiger partial charge in [-0.2, -0.15) is 0 Å². The second-order valence-corrected chi connectivity index (χ2v) is 10.0. The first kappa shape index (κ1) is 25.8. The molecule has 0 radical (unpaired) electrons. The Hall–Kier alpha value is -4.44. The zero-order chi connectivity index (χ0) is 27.8. The molecule has 3 aliphatic rings. The Balaban J connectivity index is 1.37. The predicted molar refractivity (Wildman–Crippen MR) is 143 cm³/mol. The van der Waals surface area contributed by atoms with Gasteiger partial charge in [0.25, 0.3) is 0 Å². The lowest BCUT2D eigenvalue weighted by Crippen LogP contribution is -2.45. The number of carbonyl (C=O) groups is 2. The fourth-order valence-corrected chi connectivity index (χ4v) is 5.98. The van der Waals surface area contributed by atoms with Crippen molar-refractivity contribution in [2.24, 2.45) is 11.8 Å². The van der Waals surface area contributed by atoms with Crippen LogP contribution < -0.4 is 29.6 Å². The van der Waals surface area contributed by atoms with Crippen LogP contribution in [0.25, 0.3) is 0 Å². The van der Waals surface area contributed by atoms with Crippen molar-refractivity contribution >= 4 is 11.9 Å². The molecule has 1 amide bonds. The van der Waals surface area contributed by atoms with Crippen molar-refractivity contribution in [2.45, 2.75) is 18.5 Å². The lowest BCUT2D eigenvalue weighted by molar-refractivity contribution is -0.141. The Morgan fingerprint density at radius 1 is 0.975 bits per heavy atom.